The fourth-order valence-corrected chi connectivity index (χ4v) is 3.98. The quantitative estimate of drug-likeness (QED) is 0.947. The number of nitrogens with zero attached hydrogens (tertiary/aromatic N) is 2. The molecule has 4 heteroatoms. The molecule has 1 N–H and O–H groups in total. The van der Waals surface area contributed by atoms with Crippen LogP contribution in [-0.2, 0) is 10.2 Å². The van der Waals surface area contributed by atoms with E-state index in [1.54, 1.807) is 0 Å². The molecule has 1 amide bonds. The Morgan fingerprint density at radius 1 is 1.30 bits per heavy atom. The van der Waals surface area contributed by atoms with Crippen LogP contribution in [0.2, 0.25) is 0 Å². The number of hydrogen-bond donors (Lipinski definition) is 1. The van der Waals surface area contributed by atoms with Crippen LogP contribution in [0.25, 0.3) is 0 Å². The summed E-state index contributed by atoms with van der Waals surface area (Å²) in [5.74, 6) is 0.715. The number of likely N-dealkylation sites (tertiary alicyclic amines) is 1. The molecule has 2 heterocycles. The van der Waals surface area contributed by atoms with Crippen molar-refractivity contribution in [2.75, 3.05) is 13.1 Å². The van der Waals surface area contributed by atoms with Gasteiger partial charge in [0.1, 0.15) is 0 Å². The van der Waals surface area contributed by atoms with E-state index in [1.807, 2.05) is 24.4 Å². The molecule has 2 fully saturated rings. The minimum absolute atomic E-state index is 0.244. The number of hydrogen-bond acceptors (Lipinski definition) is 2. The lowest BCUT2D eigenvalue weighted by Gasteiger charge is -2.35. The highest BCUT2D eigenvalue weighted by atomic mass is 16.2. The van der Waals surface area contributed by atoms with Gasteiger partial charge in [-0.05, 0) is 43.7 Å². The molecule has 1 saturated carbocycles. The number of benzene rings is 1. The number of H-pyrrole nitrogens is 1. The standard InChI is InChI=1S/C19H23N3O/c1-14-12-20-21-17(14)15-6-5-11-22(13-15)18(23)19(9-10-19)16-7-3-2-4-8-16/h2-4,7-8,12,15H,5-6,9-11,13H2,1H3,(H,20,21)/t15-/m0/s1. The molecule has 2 aliphatic rings. The van der Waals surface area contributed by atoms with Crippen LogP contribution in [0.3, 0.4) is 0 Å². The summed E-state index contributed by atoms with van der Waals surface area (Å²) in [5, 5.41) is 7.28. The number of aromatic nitrogens is 2. The zero-order valence-electron chi connectivity index (χ0n) is 13.6. The lowest BCUT2D eigenvalue weighted by Crippen LogP contribution is -2.44. The number of amides is 1. The summed E-state index contributed by atoms with van der Waals surface area (Å²) in [6.07, 6.45) is 6.05. The highest BCUT2D eigenvalue weighted by molar-refractivity contribution is 5.91. The molecule has 4 rings (SSSR count). The van der Waals surface area contributed by atoms with Gasteiger partial charge in [0.05, 0.1) is 11.6 Å². The minimum Gasteiger partial charge on any atom is -0.341 e. The first-order valence-corrected chi connectivity index (χ1v) is 8.55. The van der Waals surface area contributed by atoms with Crippen molar-refractivity contribution in [3.05, 3.63) is 53.3 Å². The van der Waals surface area contributed by atoms with Gasteiger partial charge in [-0.25, -0.2) is 0 Å². The molecule has 0 bridgehead atoms. The van der Waals surface area contributed by atoms with Crippen LogP contribution in [0.1, 0.15) is 48.4 Å². The largest absolute Gasteiger partial charge is 0.341 e. The first kappa shape index (κ1) is 14.5. The maximum absolute atomic E-state index is 13.2. The molecule has 1 aromatic heterocycles. The van der Waals surface area contributed by atoms with Crippen molar-refractivity contribution < 1.29 is 4.79 Å². The SMILES string of the molecule is Cc1cn[nH]c1[C@H]1CCCN(C(=O)C2(c3ccccc3)CC2)C1. The van der Waals surface area contributed by atoms with Crippen LogP contribution in [0.4, 0.5) is 0 Å². The van der Waals surface area contributed by atoms with Crippen molar-refractivity contribution in [3.8, 4) is 0 Å². The van der Waals surface area contributed by atoms with Crippen LogP contribution in [0, 0.1) is 6.92 Å². The van der Waals surface area contributed by atoms with E-state index in [0.29, 0.717) is 11.8 Å². The van der Waals surface area contributed by atoms with E-state index in [0.717, 1.165) is 38.8 Å². The first-order chi connectivity index (χ1) is 11.2. The first-order valence-electron chi connectivity index (χ1n) is 8.55. The van der Waals surface area contributed by atoms with Crippen molar-refractivity contribution >= 4 is 5.91 Å². The molecular formula is C19H23N3O. The number of aryl methyl sites for hydroxylation is 1. The van der Waals surface area contributed by atoms with Gasteiger partial charge in [-0.2, -0.15) is 5.10 Å². The molecule has 23 heavy (non-hydrogen) atoms. The van der Waals surface area contributed by atoms with Crippen molar-refractivity contribution in [3.63, 3.8) is 0 Å². The topological polar surface area (TPSA) is 49.0 Å². The molecule has 4 nitrogen and oxygen atoms in total. The van der Waals surface area contributed by atoms with Crippen LogP contribution in [0.5, 0.6) is 0 Å². The smallest absolute Gasteiger partial charge is 0.233 e. The Kier molecular flexibility index (Phi) is 3.47. The summed E-state index contributed by atoms with van der Waals surface area (Å²) >= 11 is 0. The molecular weight excluding hydrogens is 286 g/mol. The van der Waals surface area contributed by atoms with Crippen molar-refractivity contribution in [1.29, 1.82) is 0 Å². The van der Waals surface area contributed by atoms with Gasteiger partial charge in [-0.3, -0.25) is 9.89 Å². The summed E-state index contributed by atoms with van der Waals surface area (Å²) in [6.45, 7) is 3.79. The number of aromatic amines is 1. The molecule has 0 radical (unpaired) electrons. The van der Waals surface area contributed by atoms with Crippen molar-refractivity contribution in [2.24, 2.45) is 0 Å². The van der Waals surface area contributed by atoms with Gasteiger partial charge in [0.2, 0.25) is 5.91 Å². The van der Waals surface area contributed by atoms with Crippen LogP contribution >= 0.6 is 0 Å². The van der Waals surface area contributed by atoms with E-state index in [-0.39, 0.29) is 5.41 Å². The van der Waals surface area contributed by atoms with E-state index in [1.165, 1.54) is 16.8 Å². The predicted molar refractivity (Wildman–Crippen MR) is 89.2 cm³/mol. The number of carbonyl (C=O) groups excluding carboxylic acids is 1. The normalized spacial score (nSPS) is 22.8. The van der Waals surface area contributed by atoms with E-state index in [4.69, 9.17) is 0 Å². The van der Waals surface area contributed by atoms with Gasteiger partial charge in [0, 0.05) is 24.7 Å². The molecule has 1 aliphatic heterocycles. The summed E-state index contributed by atoms with van der Waals surface area (Å²) in [6, 6.07) is 10.3. The maximum atomic E-state index is 13.2. The zero-order valence-corrected chi connectivity index (χ0v) is 13.6. The van der Waals surface area contributed by atoms with Gasteiger partial charge in [0.15, 0.2) is 0 Å². The fraction of sp³-hybridized carbons (Fsp3) is 0.474. The molecule has 120 valence electrons. The Bertz CT molecular complexity index is 702. The Morgan fingerprint density at radius 2 is 2.09 bits per heavy atom. The highest BCUT2D eigenvalue weighted by Gasteiger charge is 2.53. The van der Waals surface area contributed by atoms with E-state index >= 15 is 0 Å². The molecule has 1 aliphatic carbocycles. The average molecular weight is 309 g/mol. The third-order valence-electron chi connectivity index (χ3n) is 5.47. The van der Waals surface area contributed by atoms with Gasteiger partial charge in [-0.1, -0.05) is 30.3 Å². The average Bonchev–Trinajstić information content (AvgIpc) is 3.31. The van der Waals surface area contributed by atoms with Gasteiger partial charge >= 0.3 is 0 Å². The Morgan fingerprint density at radius 3 is 2.74 bits per heavy atom. The summed E-state index contributed by atoms with van der Waals surface area (Å²) in [5.41, 5.74) is 3.34. The minimum atomic E-state index is -0.244. The number of nitrogens with one attached hydrogen (secondary N) is 1. The second-order valence-electron chi connectivity index (χ2n) is 7.01. The molecule has 0 spiro atoms. The van der Waals surface area contributed by atoms with Crippen molar-refractivity contribution in [2.45, 2.75) is 43.9 Å². The Hall–Kier alpha value is -2.10. The van der Waals surface area contributed by atoms with Crippen LogP contribution in [0.15, 0.2) is 36.5 Å². The molecule has 1 saturated heterocycles. The Balaban J connectivity index is 1.54. The van der Waals surface area contributed by atoms with Gasteiger partial charge in [0.25, 0.3) is 0 Å². The molecule has 1 atom stereocenters. The zero-order chi connectivity index (χ0) is 15.9. The number of piperidine rings is 1. The Labute approximate surface area is 136 Å². The maximum Gasteiger partial charge on any atom is 0.233 e. The van der Waals surface area contributed by atoms with Gasteiger partial charge in [-0.15, -0.1) is 0 Å². The van der Waals surface area contributed by atoms with E-state index in [9.17, 15) is 4.79 Å². The molecule has 1 aromatic carbocycles. The third kappa shape index (κ3) is 2.46. The van der Waals surface area contributed by atoms with Crippen molar-refractivity contribution in [1.82, 2.24) is 15.1 Å². The third-order valence-corrected chi connectivity index (χ3v) is 5.47. The molecule has 0 unspecified atom stereocenters. The second-order valence-corrected chi connectivity index (χ2v) is 7.01. The fourth-order valence-electron chi connectivity index (χ4n) is 3.98. The predicted octanol–water partition coefficient (Wildman–Crippen LogP) is 3.16. The lowest BCUT2D eigenvalue weighted by molar-refractivity contribution is -0.135. The van der Waals surface area contributed by atoms with Gasteiger partial charge < -0.3 is 4.90 Å². The lowest BCUT2D eigenvalue weighted by atomic mass is 9.89. The number of carbonyl (C=O) groups is 1. The second kappa shape index (κ2) is 5.52. The van der Waals surface area contributed by atoms with Crippen LogP contribution in [-0.4, -0.2) is 34.1 Å². The van der Waals surface area contributed by atoms with E-state index in [2.05, 4.69) is 34.2 Å². The van der Waals surface area contributed by atoms with Crippen LogP contribution < -0.4 is 0 Å². The molecule has 2 aromatic rings. The summed E-state index contributed by atoms with van der Waals surface area (Å²) in [7, 11) is 0. The summed E-state index contributed by atoms with van der Waals surface area (Å²) < 4.78 is 0. The highest BCUT2D eigenvalue weighted by Crippen LogP contribution is 2.50. The monoisotopic (exact) mass is 309 g/mol. The summed E-state index contributed by atoms with van der Waals surface area (Å²) in [4.78, 5) is 15.3. The van der Waals surface area contributed by atoms with E-state index < -0.39 is 0 Å². The number of rotatable bonds is 3.